The Bertz CT molecular complexity index is 845. The molecule has 28 heavy (non-hydrogen) atoms. The van der Waals surface area contributed by atoms with E-state index in [2.05, 4.69) is 15.5 Å². The second-order valence-corrected chi connectivity index (χ2v) is 6.94. The van der Waals surface area contributed by atoms with Crippen LogP contribution in [0.5, 0.6) is 0 Å². The van der Waals surface area contributed by atoms with Gasteiger partial charge in [-0.1, -0.05) is 18.2 Å². The minimum Gasteiger partial charge on any atom is -0.383 e. The highest BCUT2D eigenvalue weighted by Crippen LogP contribution is 2.28. The van der Waals surface area contributed by atoms with E-state index in [4.69, 9.17) is 4.74 Å². The maximum absolute atomic E-state index is 12.8. The van der Waals surface area contributed by atoms with Crippen LogP contribution in [-0.4, -0.2) is 45.2 Å². The molecule has 3 rings (SSSR count). The second-order valence-electron chi connectivity index (χ2n) is 6.94. The lowest BCUT2D eigenvalue weighted by atomic mass is 10.1. The number of methoxy groups -OCH3 is 1. The van der Waals surface area contributed by atoms with Crippen molar-refractivity contribution in [2.24, 2.45) is 0 Å². The van der Waals surface area contributed by atoms with Crippen LogP contribution in [0.2, 0.25) is 0 Å². The van der Waals surface area contributed by atoms with E-state index >= 15 is 0 Å². The summed E-state index contributed by atoms with van der Waals surface area (Å²) in [6.07, 6.45) is 2.24. The summed E-state index contributed by atoms with van der Waals surface area (Å²) < 4.78 is 5.01. The van der Waals surface area contributed by atoms with Gasteiger partial charge in [0.2, 0.25) is 0 Å². The van der Waals surface area contributed by atoms with Gasteiger partial charge in [-0.25, -0.2) is 0 Å². The number of nitrogens with zero attached hydrogens (tertiary/aromatic N) is 1. The fourth-order valence-corrected chi connectivity index (χ4v) is 3.42. The molecule has 2 N–H and O–H groups in total. The van der Waals surface area contributed by atoms with Crippen molar-refractivity contribution >= 4 is 23.2 Å². The number of aryl methyl sites for hydroxylation is 1. The largest absolute Gasteiger partial charge is 0.383 e. The molecule has 6 nitrogen and oxygen atoms in total. The van der Waals surface area contributed by atoms with E-state index in [1.54, 1.807) is 19.2 Å². The highest BCUT2D eigenvalue weighted by atomic mass is 16.5. The van der Waals surface area contributed by atoms with Crippen LogP contribution < -0.4 is 15.5 Å². The number of anilines is 2. The number of nitrogens with one attached hydrogen (secondary N) is 2. The number of hydrogen-bond donors (Lipinski definition) is 2. The summed E-state index contributed by atoms with van der Waals surface area (Å²) in [5, 5.41) is 5.80. The van der Waals surface area contributed by atoms with E-state index in [0.717, 1.165) is 37.2 Å². The van der Waals surface area contributed by atoms with E-state index in [1.165, 1.54) is 0 Å². The van der Waals surface area contributed by atoms with E-state index in [-0.39, 0.29) is 11.8 Å². The Morgan fingerprint density at radius 1 is 1.04 bits per heavy atom. The van der Waals surface area contributed by atoms with Gasteiger partial charge in [0.05, 0.1) is 12.2 Å². The van der Waals surface area contributed by atoms with E-state index < -0.39 is 0 Å². The zero-order chi connectivity index (χ0) is 19.9. The van der Waals surface area contributed by atoms with Gasteiger partial charge in [0.25, 0.3) is 11.8 Å². The van der Waals surface area contributed by atoms with E-state index in [9.17, 15) is 9.59 Å². The normalized spacial score (nSPS) is 13.4. The van der Waals surface area contributed by atoms with Crippen molar-refractivity contribution in [3.8, 4) is 0 Å². The molecule has 1 heterocycles. The number of carbonyl (C=O) groups excluding carboxylic acids is 2. The lowest BCUT2D eigenvalue weighted by Gasteiger charge is -2.22. The van der Waals surface area contributed by atoms with Gasteiger partial charge in [-0.15, -0.1) is 0 Å². The predicted molar refractivity (Wildman–Crippen MR) is 111 cm³/mol. The SMILES string of the molecule is COCCNC(=O)c1cc(NC(=O)c2ccccc2C)ccc1N1CCCC1. The number of hydrogen-bond acceptors (Lipinski definition) is 4. The molecule has 0 aromatic heterocycles. The fourth-order valence-electron chi connectivity index (χ4n) is 3.42. The van der Waals surface area contributed by atoms with Crippen LogP contribution in [-0.2, 0) is 4.74 Å². The lowest BCUT2D eigenvalue weighted by molar-refractivity contribution is 0.0936. The Balaban J connectivity index is 1.84. The van der Waals surface area contributed by atoms with Crippen molar-refractivity contribution < 1.29 is 14.3 Å². The van der Waals surface area contributed by atoms with Gasteiger partial charge in [-0.2, -0.15) is 0 Å². The van der Waals surface area contributed by atoms with Crippen LogP contribution >= 0.6 is 0 Å². The molecular weight excluding hydrogens is 354 g/mol. The summed E-state index contributed by atoms with van der Waals surface area (Å²) in [6.45, 7) is 4.67. The van der Waals surface area contributed by atoms with Crippen LogP contribution in [0.25, 0.3) is 0 Å². The fraction of sp³-hybridized carbons (Fsp3) is 0.364. The summed E-state index contributed by atoms with van der Waals surface area (Å²) in [6, 6.07) is 13.0. The zero-order valence-electron chi connectivity index (χ0n) is 16.5. The number of carbonyl (C=O) groups is 2. The lowest BCUT2D eigenvalue weighted by Crippen LogP contribution is -2.30. The van der Waals surface area contributed by atoms with Crippen molar-refractivity contribution in [3.63, 3.8) is 0 Å². The first-order chi connectivity index (χ1) is 13.6. The van der Waals surface area contributed by atoms with Gasteiger partial charge in [-0.3, -0.25) is 9.59 Å². The maximum atomic E-state index is 12.8. The summed E-state index contributed by atoms with van der Waals surface area (Å²) in [4.78, 5) is 27.6. The first-order valence-electron chi connectivity index (χ1n) is 9.63. The molecule has 0 saturated carbocycles. The highest BCUT2D eigenvalue weighted by Gasteiger charge is 2.20. The number of rotatable bonds is 7. The van der Waals surface area contributed by atoms with E-state index in [1.807, 2.05) is 37.3 Å². The van der Waals surface area contributed by atoms with Gasteiger partial charge < -0.3 is 20.3 Å². The quantitative estimate of drug-likeness (QED) is 0.723. The molecule has 0 spiro atoms. The maximum Gasteiger partial charge on any atom is 0.255 e. The molecule has 148 valence electrons. The molecule has 1 saturated heterocycles. The Morgan fingerprint density at radius 3 is 2.50 bits per heavy atom. The minimum atomic E-state index is -0.183. The molecule has 6 heteroatoms. The van der Waals surface area contributed by atoms with Crippen molar-refractivity contribution in [1.29, 1.82) is 0 Å². The number of amides is 2. The zero-order valence-corrected chi connectivity index (χ0v) is 16.5. The minimum absolute atomic E-state index is 0.161. The molecule has 2 amide bonds. The standard InChI is InChI=1S/C22H27N3O3/c1-16-7-3-4-8-18(16)22(27)24-17-9-10-20(25-12-5-6-13-25)19(15-17)21(26)23-11-14-28-2/h3-4,7-10,15H,5-6,11-14H2,1-2H3,(H,23,26)(H,24,27). The number of benzene rings is 2. The van der Waals surface area contributed by atoms with Crippen molar-refractivity contribution in [2.45, 2.75) is 19.8 Å². The predicted octanol–water partition coefficient (Wildman–Crippen LogP) is 3.22. The van der Waals surface area contributed by atoms with Crippen molar-refractivity contribution in [3.05, 3.63) is 59.2 Å². The van der Waals surface area contributed by atoms with Crippen molar-refractivity contribution in [2.75, 3.05) is 43.6 Å². The summed E-state index contributed by atoms with van der Waals surface area (Å²) in [5.74, 6) is -0.344. The molecule has 0 unspecified atom stereocenters. The monoisotopic (exact) mass is 381 g/mol. The van der Waals surface area contributed by atoms with Gasteiger partial charge >= 0.3 is 0 Å². The smallest absolute Gasteiger partial charge is 0.255 e. The van der Waals surface area contributed by atoms with Crippen LogP contribution in [0.1, 0.15) is 39.1 Å². The molecule has 1 aliphatic heterocycles. The third kappa shape index (κ3) is 4.70. The molecule has 1 fully saturated rings. The molecule has 2 aromatic rings. The first-order valence-corrected chi connectivity index (χ1v) is 9.63. The molecule has 0 radical (unpaired) electrons. The Morgan fingerprint density at radius 2 is 1.79 bits per heavy atom. The van der Waals surface area contributed by atoms with Crippen LogP contribution in [0.15, 0.2) is 42.5 Å². The summed E-state index contributed by atoms with van der Waals surface area (Å²) in [7, 11) is 1.60. The topological polar surface area (TPSA) is 70.7 Å². The van der Waals surface area contributed by atoms with Gasteiger partial charge in [0.15, 0.2) is 0 Å². The first kappa shape index (κ1) is 19.9. The van der Waals surface area contributed by atoms with E-state index in [0.29, 0.717) is 30.0 Å². The Hall–Kier alpha value is -2.86. The average molecular weight is 381 g/mol. The second kappa shape index (κ2) is 9.37. The molecule has 1 aliphatic rings. The Kier molecular flexibility index (Phi) is 6.66. The summed E-state index contributed by atoms with van der Waals surface area (Å²) in [5.41, 5.74) is 3.61. The molecule has 0 bridgehead atoms. The molecule has 0 atom stereocenters. The summed E-state index contributed by atoms with van der Waals surface area (Å²) >= 11 is 0. The van der Waals surface area contributed by atoms with Gasteiger partial charge in [0, 0.05) is 43.7 Å². The molecule has 2 aromatic carbocycles. The van der Waals surface area contributed by atoms with Gasteiger partial charge in [-0.05, 0) is 49.6 Å². The number of ether oxygens (including phenoxy) is 1. The molecule has 0 aliphatic carbocycles. The molecular formula is C22H27N3O3. The highest BCUT2D eigenvalue weighted by molar-refractivity contribution is 6.07. The van der Waals surface area contributed by atoms with Crippen LogP contribution in [0.4, 0.5) is 11.4 Å². The third-order valence-corrected chi connectivity index (χ3v) is 4.93. The van der Waals surface area contributed by atoms with Gasteiger partial charge in [0.1, 0.15) is 0 Å². The Labute approximate surface area is 165 Å². The van der Waals surface area contributed by atoms with Crippen LogP contribution in [0.3, 0.4) is 0 Å². The average Bonchev–Trinajstić information content (AvgIpc) is 3.23. The van der Waals surface area contributed by atoms with Crippen LogP contribution in [0, 0.1) is 6.92 Å². The van der Waals surface area contributed by atoms with Crippen molar-refractivity contribution in [1.82, 2.24) is 5.32 Å². The third-order valence-electron chi connectivity index (χ3n) is 4.93.